The molecule has 0 saturated carbocycles. The van der Waals surface area contributed by atoms with Crippen molar-refractivity contribution >= 4 is 19.8 Å². The summed E-state index contributed by atoms with van der Waals surface area (Å²) in [5.74, 6) is -0.908. The number of allylic oxidation sites excluding steroid dienone is 40. The number of quaternary nitrogens is 1. The predicted octanol–water partition coefficient (Wildman–Crippen LogP) is 24.9. The van der Waals surface area contributed by atoms with Crippen LogP contribution >= 0.6 is 7.82 Å². The Kier molecular flexibility index (Phi) is 70.3. The normalized spacial score (nSPS) is 14.5. The van der Waals surface area contributed by atoms with Crippen molar-refractivity contribution in [3.8, 4) is 0 Å². The standard InChI is InChI=1S/C88H136NO8P/c1-6-8-10-12-14-16-18-20-22-24-26-28-30-32-34-36-38-40-41-42-43-44-45-46-47-49-51-53-55-57-59-61-63-65-67-69-71-73-75-77-79-81-88(91)97-86(85-96-98(92,93)95-83-82-89(3,4)5)84-94-87(90)80-78-76-74-72-70-68-66-64-62-60-58-56-54-52-50-48-39-37-35-33-31-29-27-25-23-21-19-17-15-13-11-9-7-2/h8-11,14-17,20-23,26-29,32-35,38-40,42-43,45-46,48-49,51-52,54-55,57-58,60,64,66,70,72,86H,6-7,12-13,18-19,24-25,30-31,36-37,41,44,47,50,53,56,59,61-63,65,67-69,71,73-85H2,1-5H3/b10-8-,11-9-,16-14-,17-15-,22-20-,23-21-,28-26-,29-27-,34-32-,35-33-,40-38-,43-42-,46-45-,48-39-,51-49-,54-52-,57-55-,60-58-,66-64-,72-70-. The minimum atomic E-state index is -4.67. The summed E-state index contributed by atoms with van der Waals surface area (Å²) < 4.78 is 34.3. The molecule has 0 aliphatic carbocycles. The van der Waals surface area contributed by atoms with Crippen LogP contribution in [0.5, 0.6) is 0 Å². The fourth-order valence-electron chi connectivity index (χ4n) is 9.18. The third kappa shape index (κ3) is 78.8. The van der Waals surface area contributed by atoms with Crippen LogP contribution in [0.25, 0.3) is 0 Å². The highest BCUT2D eigenvalue weighted by Crippen LogP contribution is 2.38. The molecule has 0 aromatic carbocycles. The second-order valence-electron chi connectivity index (χ2n) is 25.2. The van der Waals surface area contributed by atoms with Crippen LogP contribution < -0.4 is 4.89 Å². The lowest BCUT2D eigenvalue weighted by molar-refractivity contribution is -0.870. The first-order chi connectivity index (χ1) is 48.0. The predicted molar refractivity (Wildman–Crippen MR) is 424 cm³/mol. The molecule has 9 nitrogen and oxygen atoms in total. The maximum atomic E-state index is 12.9. The third-order valence-corrected chi connectivity index (χ3v) is 15.8. The SMILES string of the molecule is CC/C=C\C/C=C\C/C=C\C/C=C\C/C=C\C/C=C\C/C=C\C/C=C\C/C=C\C/C=C\CCCCCCCCCCCCC(=O)OC(COC(=O)CCCC/C=C\C/C=C\C/C=C\C/C=C\C/C=C\C/C=C\C/C=C\C/C=C\C/C=C\C/C=C\CC)COP(=O)([O-])OCC[N+](C)(C)C. The summed E-state index contributed by atoms with van der Waals surface area (Å²) in [5.41, 5.74) is 0. The summed E-state index contributed by atoms with van der Waals surface area (Å²) in [4.78, 5) is 38.1. The molecule has 546 valence electrons. The highest BCUT2D eigenvalue weighted by atomic mass is 31.2. The van der Waals surface area contributed by atoms with Crippen molar-refractivity contribution < 1.29 is 42.1 Å². The molecule has 0 N–H and O–H groups in total. The molecular formula is C88H136NO8P. The topological polar surface area (TPSA) is 111 Å². The molecule has 0 bridgehead atoms. The maximum Gasteiger partial charge on any atom is 0.306 e. The number of phosphoric ester groups is 1. The largest absolute Gasteiger partial charge is 0.756 e. The smallest absolute Gasteiger partial charge is 0.306 e. The zero-order valence-corrected chi connectivity index (χ0v) is 63.0. The first-order valence-electron chi connectivity index (χ1n) is 37.7. The molecule has 0 heterocycles. The Hall–Kier alpha value is -6.19. The summed E-state index contributed by atoms with van der Waals surface area (Å²) in [6.45, 7) is 3.92. The van der Waals surface area contributed by atoms with Crippen LogP contribution in [0.3, 0.4) is 0 Å². The van der Waals surface area contributed by atoms with Gasteiger partial charge in [-0.2, -0.15) is 0 Å². The summed E-state index contributed by atoms with van der Waals surface area (Å²) in [5, 5.41) is 0. The molecule has 2 unspecified atom stereocenters. The minimum absolute atomic E-state index is 0.0523. The quantitative estimate of drug-likeness (QED) is 0.0195. The monoisotopic (exact) mass is 1370 g/mol. The second-order valence-corrected chi connectivity index (χ2v) is 26.6. The van der Waals surface area contributed by atoms with Crippen molar-refractivity contribution in [2.45, 2.75) is 251 Å². The van der Waals surface area contributed by atoms with E-state index in [2.05, 4.69) is 257 Å². The molecule has 0 rings (SSSR count). The number of carbonyl (C=O) groups is 2. The summed E-state index contributed by atoms with van der Waals surface area (Å²) >= 11 is 0. The summed E-state index contributed by atoms with van der Waals surface area (Å²) in [6, 6.07) is 0. The van der Waals surface area contributed by atoms with E-state index < -0.39 is 32.5 Å². The molecule has 0 saturated heterocycles. The van der Waals surface area contributed by atoms with E-state index in [0.717, 1.165) is 167 Å². The number of hydrogen-bond donors (Lipinski definition) is 0. The number of carbonyl (C=O) groups excluding carboxylic acids is 2. The number of hydrogen-bond acceptors (Lipinski definition) is 8. The molecule has 98 heavy (non-hydrogen) atoms. The zero-order chi connectivity index (χ0) is 71.1. The van der Waals surface area contributed by atoms with Crippen LogP contribution in [-0.4, -0.2) is 70.0 Å². The molecular weight excluding hydrogens is 1230 g/mol. The fraction of sp³-hybridized carbons (Fsp3) is 0.523. The van der Waals surface area contributed by atoms with Gasteiger partial charge in [0.2, 0.25) is 0 Å². The van der Waals surface area contributed by atoms with Crippen LogP contribution in [0.15, 0.2) is 243 Å². The van der Waals surface area contributed by atoms with E-state index in [1.807, 2.05) is 21.1 Å². The van der Waals surface area contributed by atoms with Gasteiger partial charge in [0.25, 0.3) is 7.82 Å². The lowest BCUT2D eigenvalue weighted by Gasteiger charge is -2.28. The van der Waals surface area contributed by atoms with Gasteiger partial charge in [0.1, 0.15) is 19.8 Å². The number of ether oxygens (including phenoxy) is 2. The van der Waals surface area contributed by atoms with Crippen LogP contribution in [0.1, 0.15) is 245 Å². The molecule has 10 heteroatoms. The van der Waals surface area contributed by atoms with Gasteiger partial charge >= 0.3 is 11.9 Å². The lowest BCUT2D eigenvalue weighted by atomic mass is 10.0. The average Bonchev–Trinajstić information content (AvgIpc) is 1.08. The summed E-state index contributed by atoms with van der Waals surface area (Å²) in [6.07, 6.45) is 122. The van der Waals surface area contributed by atoms with Gasteiger partial charge < -0.3 is 27.9 Å². The molecule has 0 aromatic heterocycles. The van der Waals surface area contributed by atoms with Gasteiger partial charge in [-0.1, -0.05) is 308 Å². The van der Waals surface area contributed by atoms with E-state index >= 15 is 0 Å². The molecule has 0 radical (unpaired) electrons. The molecule has 0 amide bonds. The van der Waals surface area contributed by atoms with Gasteiger partial charge in [-0.15, -0.1) is 0 Å². The molecule has 0 fully saturated rings. The van der Waals surface area contributed by atoms with Gasteiger partial charge in [-0.25, -0.2) is 0 Å². The Balaban J connectivity index is 4.20. The van der Waals surface area contributed by atoms with Crippen LogP contribution in [0, 0.1) is 0 Å². The number of likely N-dealkylation sites (N-methyl/N-ethyl adjacent to an activating group) is 1. The van der Waals surface area contributed by atoms with Crippen molar-refractivity contribution in [2.24, 2.45) is 0 Å². The Labute approximate surface area is 600 Å². The first-order valence-corrected chi connectivity index (χ1v) is 39.2. The van der Waals surface area contributed by atoms with Gasteiger partial charge in [0, 0.05) is 12.8 Å². The average molecular weight is 1370 g/mol. The minimum Gasteiger partial charge on any atom is -0.756 e. The van der Waals surface area contributed by atoms with Crippen molar-refractivity contribution in [1.29, 1.82) is 0 Å². The van der Waals surface area contributed by atoms with Gasteiger partial charge in [0.15, 0.2) is 6.10 Å². The third-order valence-electron chi connectivity index (χ3n) is 14.9. The summed E-state index contributed by atoms with van der Waals surface area (Å²) in [7, 11) is 1.10. The van der Waals surface area contributed by atoms with E-state index in [4.69, 9.17) is 18.5 Å². The Morgan fingerprint density at radius 3 is 0.837 bits per heavy atom. The van der Waals surface area contributed by atoms with Crippen LogP contribution in [0.4, 0.5) is 0 Å². The van der Waals surface area contributed by atoms with Gasteiger partial charge in [-0.05, 0) is 167 Å². The fourth-order valence-corrected chi connectivity index (χ4v) is 9.91. The van der Waals surface area contributed by atoms with Crippen molar-refractivity contribution in [3.05, 3.63) is 243 Å². The zero-order valence-electron chi connectivity index (χ0n) is 62.1. The van der Waals surface area contributed by atoms with Crippen molar-refractivity contribution in [1.82, 2.24) is 0 Å². The molecule has 0 spiro atoms. The highest BCUT2D eigenvalue weighted by Gasteiger charge is 2.22. The Bertz CT molecular complexity index is 2560. The molecule has 0 aromatic rings. The number of phosphoric acid groups is 1. The van der Waals surface area contributed by atoms with Crippen LogP contribution in [-0.2, 0) is 32.7 Å². The van der Waals surface area contributed by atoms with E-state index in [-0.39, 0.29) is 26.1 Å². The van der Waals surface area contributed by atoms with Crippen LogP contribution in [0.2, 0.25) is 0 Å². The van der Waals surface area contributed by atoms with Gasteiger partial charge in [-0.3, -0.25) is 14.2 Å². The van der Waals surface area contributed by atoms with Gasteiger partial charge in [0.05, 0.1) is 27.7 Å². The van der Waals surface area contributed by atoms with E-state index in [1.54, 1.807) is 0 Å². The lowest BCUT2D eigenvalue weighted by Crippen LogP contribution is -2.37. The second kappa shape index (κ2) is 75.0. The number of rotatable bonds is 66. The van der Waals surface area contributed by atoms with Crippen molar-refractivity contribution in [3.63, 3.8) is 0 Å². The van der Waals surface area contributed by atoms with Crippen molar-refractivity contribution in [2.75, 3.05) is 47.5 Å². The molecule has 0 aliphatic rings. The Morgan fingerprint density at radius 2 is 0.551 bits per heavy atom. The van der Waals surface area contributed by atoms with E-state index in [0.29, 0.717) is 23.9 Å². The first kappa shape index (κ1) is 91.8. The van der Waals surface area contributed by atoms with E-state index in [9.17, 15) is 19.0 Å². The number of nitrogens with zero attached hydrogens (tertiary/aromatic N) is 1. The maximum absolute atomic E-state index is 12.9. The number of unbranched alkanes of at least 4 members (excludes halogenated alkanes) is 12. The Morgan fingerprint density at radius 1 is 0.316 bits per heavy atom. The van der Waals surface area contributed by atoms with E-state index in [1.165, 1.54) is 38.5 Å². The number of esters is 2. The highest BCUT2D eigenvalue weighted by molar-refractivity contribution is 7.45. The molecule has 0 aliphatic heterocycles. The molecule has 2 atom stereocenters.